The zero-order valence-corrected chi connectivity index (χ0v) is 13.8. The summed E-state index contributed by atoms with van der Waals surface area (Å²) < 4.78 is 10.6. The van der Waals surface area contributed by atoms with Crippen molar-refractivity contribution >= 4 is 23.6 Å². The molecule has 0 saturated carbocycles. The summed E-state index contributed by atoms with van der Waals surface area (Å²) in [6, 6.07) is 10.3. The van der Waals surface area contributed by atoms with Crippen molar-refractivity contribution in [2.45, 2.75) is 6.92 Å². The van der Waals surface area contributed by atoms with Gasteiger partial charge in [0.25, 0.3) is 5.89 Å². The molecule has 0 saturated heterocycles. The Labute approximate surface area is 147 Å². The number of carboxylic acid groups (broad SMARTS) is 1. The van der Waals surface area contributed by atoms with Crippen LogP contribution >= 0.6 is 11.6 Å². The van der Waals surface area contributed by atoms with E-state index in [-0.39, 0.29) is 17.3 Å². The smallest absolute Gasteiger partial charge is 0.331 e. The summed E-state index contributed by atoms with van der Waals surface area (Å²) in [5.41, 5.74) is 0.617. The molecule has 0 aliphatic heterocycles. The molecule has 0 fully saturated rings. The van der Waals surface area contributed by atoms with Crippen molar-refractivity contribution in [3.05, 3.63) is 59.1 Å². The minimum atomic E-state index is -1.06. The number of pyridine rings is 1. The lowest BCUT2D eigenvalue weighted by Gasteiger charge is -2.06. The molecular weight excluding hydrogens is 346 g/mol. The van der Waals surface area contributed by atoms with Crippen LogP contribution in [0.2, 0.25) is 5.02 Å². The minimum Gasteiger partial charge on any atom is -0.478 e. The maximum atomic E-state index is 10.8. The van der Waals surface area contributed by atoms with E-state index in [4.69, 9.17) is 26.0 Å². The van der Waals surface area contributed by atoms with Crippen molar-refractivity contribution in [1.29, 1.82) is 0 Å². The molecule has 0 unspecified atom stereocenters. The number of hydrogen-bond donors (Lipinski definition) is 1. The van der Waals surface area contributed by atoms with Crippen LogP contribution in [0.15, 0.2) is 52.7 Å². The maximum Gasteiger partial charge on any atom is 0.331 e. The van der Waals surface area contributed by atoms with Gasteiger partial charge in [-0.05, 0) is 25.1 Å². The lowest BCUT2D eigenvalue weighted by atomic mass is 10.2. The van der Waals surface area contributed by atoms with Crippen LogP contribution in [-0.2, 0) is 4.79 Å². The van der Waals surface area contributed by atoms with Gasteiger partial charge in [-0.15, -0.1) is 0 Å². The SMILES string of the molecule is CC(=Cc1nc(-c2ccc(Oc3ccccn3)cc2Cl)no1)C(=O)O. The summed E-state index contributed by atoms with van der Waals surface area (Å²) in [5.74, 6) is 0.229. The van der Waals surface area contributed by atoms with Gasteiger partial charge in [0.2, 0.25) is 11.7 Å². The number of hydrogen-bond acceptors (Lipinski definition) is 6. The molecular formula is C17H12ClN3O4. The maximum absolute atomic E-state index is 10.8. The van der Waals surface area contributed by atoms with Gasteiger partial charge in [-0.2, -0.15) is 4.98 Å². The topological polar surface area (TPSA) is 98.3 Å². The van der Waals surface area contributed by atoms with Crippen molar-refractivity contribution in [3.63, 3.8) is 0 Å². The first-order chi connectivity index (χ1) is 12.0. The molecule has 2 heterocycles. The molecule has 0 spiro atoms. The second-order valence-electron chi connectivity index (χ2n) is 5.00. The molecule has 0 amide bonds. The third kappa shape index (κ3) is 4.02. The fourth-order valence-corrected chi connectivity index (χ4v) is 2.17. The number of nitrogens with zero attached hydrogens (tertiary/aromatic N) is 3. The van der Waals surface area contributed by atoms with E-state index in [9.17, 15) is 4.79 Å². The van der Waals surface area contributed by atoms with Gasteiger partial charge < -0.3 is 14.4 Å². The zero-order chi connectivity index (χ0) is 17.8. The van der Waals surface area contributed by atoms with Gasteiger partial charge in [-0.25, -0.2) is 9.78 Å². The highest BCUT2D eigenvalue weighted by Crippen LogP contribution is 2.31. The van der Waals surface area contributed by atoms with E-state index in [1.165, 1.54) is 13.0 Å². The molecule has 0 aliphatic carbocycles. The first kappa shape index (κ1) is 16.7. The van der Waals surface area contributed by atoms with Gasteiger partial charge >= 0.3 is 5.97 Å². The Morgan fingerprint density at radius 3 is 2.84 bits per heavy atom. The highest BCUT2D eigenvalue weighted by atomic mass is 35.5. The van der Waals surface area contributed by atoms with Crippen molar-refractivity contribution in [2.24, 2.45) is 0 Å². The van der Waals surface area contributed by atoms with Crippen LogP contribution < -0.4 is 4.74 Å². The van der Waals surface area contributed by atoms with Crippen LogP contribution in [-0.4, -0.2) is 26.2 Å². The van der Waals surface area contributed by atoms with E-state index >= 15 is 0 Å². The molecule has 1 N–H and O–H groups in total. The summed E-state index contributed by atoms with van der Waals surface area (Å²) >= 11 is 6.26. The Balaban J connectivity index is 1.83. The Kier molecular flexibility index (Phi) is 4.76. The summed E-state index contributed by atoms with van der Waals surface area (Å²) in [6.45, 7) is 1.43. The predicted molar refractivity (Wildman–Crippen MR) is 90.3 cm³/mol. The Morgan fingerprint density at radius 1 is 1.32 bits per heavy atom. The second-order valence-corrected chi connectivity index (χ2v) is 5.41. The van der Waals surface area contributed by atoms with Gasteiger partial charge in [-0.3, -0.25) is 0 Å². The molecule has 8 heteroatoms. The van der Waals surface area contributed by atoms with Crippen molar-refractivity contribution in [1.82, 2.24) is 15.1 Å². The number of halogens is 1. The Morgan fingerprint density at radius 2 is 2.16 bits per heavy atom. The third-order valence-electron chi connectivity index (χ3n) is 3.16. The van der Waals surface area contributed by atoms with E-state index < -0.39 is 5.97 Å². The van der Waals surface area contributed by atoms with Crippen molar-refractivity contribution in [3.8, 4) is 23.0 Å². The molecule has 2 aromatic heterocycles. The second kappa shape index (κ2) is 7.14. The standard InChI is InChI=1S/C17H12ClN3O4/c1-10(17(22)23)8-15-20-16(21-25-15)12-6-5-11(9-13(12)18)24-14-4-2-3-7-19-14/h2-9H,1H3,(H,22,23). The molecule has 3 aromatic rings. The van der Waals surface area contributed by atoms with Crippen LogP contribution in [0.4, 0.5) is 0 Å². The summed E-state index contributed by atoms with van der Waals surface area (Å²) in [6.07, 6.45) is 2.91. The number of ether oxygens (including phenoxy) is 1. The fraction of sp³-hybridized carbons (Fsp3) is 0.0588. The van der Waals surface area contributed by atoms with E-state index in [1.54, 1.807) is 36.5 Å². The molecule has 25 heavy (non-hydrogen) atoms. The van der Waals surface area contributed by atoms with E-state index in [0.717, 1.165) is 0 Å². The highest BCUT2D eigenvalue weighted by molar-refractivity contribution is 6.33. The van der Waals surface area contributed by atoms with Crippen LogP contribution in [0.1, 0.15) is 12.8 Å². The lowest BCUT2D eigenvalue weighted by Crippen LogP contribution is -1.95. The first-order valence-electron chi connectivity index (χ1n) is 7.17. The molecule has 0 bridgehead atoms. The van der Waals surface area contributed by atoms with E-state index in [1.807, 2.05) is 6.07 Å². The average molecular weight is 358 g/mol. The third-order valence-corrected chi connectivity index (χ3v) is 3.47. The summed E-state index contributed by atoms with van der Waals surface area (Å²) in [4.78, 5) is 19.0. The fourth-order valence-electron chi connectivity index (χ4n) is 1.92. The molecule has 7 nitrogen and oxygen atoms in total. The van der Waals surface area contributed by atoms with Crippen molar-refractivity contribution < 1.29 is 19.2 Å². The summed E-state index contributed by atoms with van der Waals surface area (Å²) in [5, 5.41) is 13.0. The number of aromatic nitrogens is 3. The number of carbonyl (C=O) groups is 1. The minimum absolute atomic E-state index is 0.0831. The molecule has 0 radical (unpaired) electrons. The van der Waals surface area contributed by atoms with Gasteiger partial charge in [0.05, 0.1) is 5.02 Å². The highest BCUT2D eigenvalue weighted by Gasteiger charge is 2.13. The molecule has 1 aromatic carbocycles. The quantitative estimate of drug-likeness (QED) is 0.687. The largest absolute Gasteiger partial charge is 0.478 e. The average Bonchev–Trinajstić information content (AvgIpc) is 3.04. The Hall–Kier alpha value is -3.19. The monoisotopic (exact) mass is 357 g/mol. The molecule has 0 atom stereocenters. The van der Waals surface area contributed by atoms with Crippen LogP contribution in [0.3, 0.4) is 0 Å². The van der Waals surface area contributed by atoms with Gasteiger partial charge in [0, 0.05) is 35.5 Å². The van der Waals surface area contributed by atoms with E-state index in [0.29, 0.717) is 22.2 Å². The van der Waals surface area contributed by atoms with Gasteiger partial charge in [0.1, 0.15) is 5.75 Å². The molecule has 0 aliphatic rings. The lowest BCUT2D eigenvalue weighted by molar-refractivity contribution is -0.132. The van der Waals surface area contributed by atoms with Gasteiger partial charge in [-0.1, -0.05) is 22.8 Å². The van der Waals surface area contributed by atoms with Gasteiger partial charge in [0.15, 0.2) is 0 Å². The number of rotatable bonds is 5. The van der Waals surface area contributed by atoms with Crippen LogP contribution in [0, 0.1) is 0 Å². The zero-order valence-electron chi connectivity index (χ0n) is 13.0. The molecule has 126 valence electrons. The number of carboxylic acids is 1. The summed E-state index contributed by atoms with van der Waals surface area (Å²) in [7, 11) is 0. The first-order valence-corrected chi connectivity index (χ1v) is 7.55. The predicted octanol–water partition coefficient (Wildman–Crippen LogP) is 4.07. The van der Waals surface area contributed by atoms with Crippen LogP contribution in [0.25, 0.3) is 17.5 Å². The normalized spacial score (nSPS) is 11.4. The molecule has 3 rings (SSSR count). The Bertz CT molecular complexity index is 938. The number of aliphatic carboxylic acids is 1. The van der Waals surface area contributed by atoms with E-state index in [2.05, 4.69) is 15.1 Å². The van der Waals surface area contributed by atoms with Crippen molar-refractivity contribution in [2.75, 3.05) is 0 Å². The van der Waals surface area contributed by atoms with Crippen LogP contribution in [0.5, 0.6) is 11.6 Å². The number of benzene rings is 1.